The average molecular weight is 350 g/mol. The number of amides is 1. The third kappa shape index (κ3) is 5.19. The van der Waals surface area contributed by atoms with Crippen LogP contribution in [0, 0.1) is 6.92 Å². The highest BCUT2D eigenvalue weighted by Gasteiger charge is 2.15. The summed E-state index contributed by atoms with van der Waals surface area (Å²) in [5.41, 5.74) is 2.65. The summed E-state index contributed by atoms with van der Waals surface area (Å²) in [5, 5.41) is 2.58. The molecular formula is C17H22N2O4S. The Hall–Kier alpha value is -2.15. The highest BCUT2D eigenvalue weighted by atomic mass is 32.2. The van der Waals surface area contributed by atoms with Gasteiger partial charge < -0.3 is 9.73 Å². The van der Waals surface area contributed by atoms with E-state index in [9.17, 15) is 13.2 Å². The van der Waals surface area contributed by atoms with Gasteiger partial charge in [-0.05, 0) is 31.0 Å². The van der Waals surface area contributed by atoms with Crippen molar-refractivity contribution >= 4 is 15.7 Å². The molecule has 0 aliphatic heterocycles. The van der Waals surface area contributed by atoms with Crippen LogP contribution in [0.4, 0.5) is 0 Å². The standard InChI is InChI=1S/C17H22N2O4S/c1-4-13-5-7-14(8-6-13)17-19-15(12(2)23-17)11-16(20)18-9-10-24(3,21)22/h5-8H,4,9-11H2,1-3H3,(H,18,20). The van der Waals surface area contributed by atoms with Gasteiger partial charge in [-0.25, -0.2) is 13.4 Å². The minimum atomic E-state index is -3.09. The molecule has 1 aromatic heterocycles. The molecule has 0 fully saturated rings. The Morgan fingerprint density at radius 3 is 2.50 bits per heavy atom. The number of nitrogens with zero attached hydrogens (tertiary/aromatic N) is 1. The first-order valence-corrected chi connectivity index (χ1v) is 9.84. The Kier molecular flexibility index (Phi) is 5.77. The van der Waals surface area contributed by atoms with E-state index in [1.165, 1.54) is 5.56 Å². The van der Waals surface area contributed by atoms with Crippen LogP contribution in [-0.2, 0) is 27.5 Å². The molecule has 0 saturated heterocycles. The molecule has 0 unspecified atom stereocenters. The molecule has 130 valence electrons. The number of carbonyl (C=O) groups is 1. The topological polar surface area (TPSA) is 89.3 Å². The number of oxazole rings is 1. The van der Waals surface area contributed by atoms with E-state index in [1.807, 2.05) is 24.3 Å². The van der Waals surface area contributed by atoms with Crippen LogP contribution in [0.15, 0.2) is 28.7 Å². The van der Waals surface area contributed by atoms with Crippen LogP contribution in [0.1, 0.15) is 23.9 Å². The molecule has 0 saturated carbocycles. The number of sulfone groups is 1. The summed E-state index contributed by atoms with van der Waals surface area (Å²) >= 11 is 0. The largest absolute Gasteiger partial charge is 0.441 e. The third-order valence-corrected chi connectivity index (χ3v) is 4.57. The van der Waals surface area contributed by atoms with Crippen LogP contribution in [0.2, 0.25) is 0 Å². The lowest BCUT2D eigenvalue weighted by Crippen LogP contribution is -2.30. The van der Waals surface area contributed by atoms with Gasteiger partial charge in [-0.2, -0.15) is 0 Å². The molecule has 2 rings (SSSR count). The lowest BCUT2D eigenvalue weighted by atomic mass is 10.1. The zero-order valence-corrected chi connectivity index (χ0v) is 14.9. The minimum absolute atomic E-state index is 0.0616. The summed E-state index contributed by atoms with van der Waals surface area (Å²) in [4.78, 5) is 16.3. The number of hydrogen-bond acceptors (Lipinski definition) is 5. The summed E-state index contributed by atoms with van der Waals surface area (Å²) in [7, 11) is -3.09. The minimum Gasteiger partial charge on any atom is -0.441 e. The molecule has 7 heteroatoms. The maximum absolute atomic E-state index is 11.9. The number of aryl methyl sites for hydroxylation is 2. The van der Waals surface area contributed by atoms with Crippen molar-refractivity contribution in [3.8, 4) is 11.5 Å². The van der Waals surface area contributed by atoms with Crippen LogP contribution < -0.4 is 5.32 Å². The van der Waals surface area contributed by atoms with E-state index in [0.29, 0.717) is 17.3 Å². The summed E-state index contributed by atoms with van der Waals surface area (Å²) in [6.07, 6.45) is 2.16. The van der Waals surface area contributed by atoms with Crippen LogP contribution in [0.5, 0.6) is 0 Å². The van der Waals surface area contributed by atoms with Gasteiger partial charge in [-0.1, -0.05) is 19.1 Å². The number of hydrogen-bond donors (Lipinski definition) is 1. The quantitative estimate of drug-likeness (QED) is 0.824. The van der Waals surface area contributed by atoms with Gasteiger partial charge in [0.25, 0.3) is 0 Å². The number of aromatic nitrogens is 1. The van der Waals surface area contributed by atoms with Gasteiger partial charge in [-0.15, -0.1) is 0 Å². The van der Waals surface area contributed by atoms with Gasteiger partial charge in [0.2, 0.25) is 11.8 Å². The number of carbonyl (C=O) groups excluding carboxylic acids is 1. The molecule has 0 spiro atoms. The maximum atomic E-state index is 11.9. The molecule has 1 amide bonds. The molecule has 0 atom stereocenters. The van der Waals surface area contributed by atoms with Crippen molar-refractivity contribution in [2.24, 2.45) is 0 Å². The molecule has 1 N–H and O–H groups in total. The molecule has 0 aliphatic carbocycles. The Bertz CT molecular complexity index is 808. The van der Waals surface area contributed by atoms with Gasteiger partial charge in [0.15, 0.2) is 0 Å². The normalized spacial score (nSPS) is 11.5. The van der Waals surface area contributed by atoms with Crippen LogP contribution in [0.3, 0.4) is 0 Å². The molecule has 24 heavy (non-hydrogen) atoms. The summed E-state index contributed by atoms with van der Waals surface area (Å²) in [5.74, 6) is 0.714. The van der Waals surface area contributed by atoms with Crippen LogP contribution in [0.25, 0.3) is 11.5 Å². The lowest BCUT2D eigenvalue weighted by molar-refractivity contribution is -0.120. The van der Waals surface area contributed by atoms with E-state index in [0.717, 1.165) is 18.2 Å². The molecule has 0 aliphatic rings. The molecule has 1 aromatic carbocycles. The zero-order chi connectivity index (χ0) is 17.7. The highest BCUT2D eigenvalue weighted by Crippen LogP contribution is 2.22. The predicted molar refractivity (Wildman–Crippen MR) is 92.5 cm³/mol. The smallest absolute Gasteiger partial charge is 0.226 e. The summed E-state index contributed by atoms with van der Waals surface area (Å²) < 4.78 is 27.8. The summed E-state index contributed by atoms with van der Waals surface area (Å²) in [6, 6.07) is 7.93. The van der Waals surface area contributed by atoms with E-state index in [2.05, 4.69) is 17.2 Å². The highest BCUT2D eigenvalue weighted by molar-refractivity contribution is 7.90. The monoisotopic (exact) mass is 350 g/mol. The Morgan fingerprint density at radius 2 is 1.92 bits per heavy atom. The number of rotatable bonds is 7. The Morgan fingerprint density at radius 1 is 1.25 bits per heavy atom. The number of nitrogens with one attached hydrogen (secondary N) is 1. The SMILES string of the molecule is CCc1ccc(-c2nc(CC(=O)NCCS(C)(=O)=O)c(C)o2)cc1. The first-order chi connectivity index (χ1) is 11.3. The maximum Gasteiger partial charge on any atom is 0.226 e. The molecule has 1 heterocycles. The second-order valence-electron chi connectivity index (χ2n) is 5.73. The van der Waals surface area contributed by atoms with Crippen molar-refractivity contribution < 1.29 is 17.6 Å². The van der Waals surface area contributed by atoms with E-state index in [-0.39, 0.29) is 24.6 Å². The predicted octanol–water partition coefficient (Wildman–Crippen LogP) is 1.92. The lowest BCUT2D eigenvalue weighted by Gasteiger charge is -2.02. The zero-order valence-electron chi connectivity index (χ0n) is 14.1. The molecule has 0 bridgehead atoms. The van der Waals surface area contributed by atoms with Crippen molar-refractivity contribution in [1.29, 1.82) is 0 Å². The van der Waals surface area contributed by atoms with Crippen molar-refractivity contribution in [2.75, 3.05) is 18.6 Å². The van der Waals surface area contributed by atoms with Crippen molar-refractivity contribution in [1.82, 2.24) is 10.3 Å². The fourth-order valence-electron chi connectivity index (χ4n) is 2.19. The second-order valence-corrected chi connectivity index (χ2v) is 7.99. The fraction of sp³-hybridized carbons (Fsp3) is 0.412. The van der Waals surface area contributed by atoms with Crippen LogP contribution >= 0.6 is 0 Å². The van der Waals surface area contributed by atoms with E-state index in [4.69, 9.17) is 4.42 Å². The van der Waals surface area contributed by atoms with Gasteiger partial charge in [0.1, 0.15) is 15.6 Å². The molecule has 0 radical (unpaired) electrons. The van der Waals surface area contributed by atoms with E-state index in [1.54, 1.807) is 6.92 Å². The van der Waals surface area contributed by atoms with E-state index >= 15 is 0 Å². The first-order valence-electron chi connectivity index (χ1n) is 7.78. The van der Waals surface area contributed by atoms with E-state index < -0.39 is 9.84 Å². The van der Waals surface area contributed by atoms with Gasteiger partial charge >= 0.3 is 0 Å². The van der Waals surface area contributed by atoms with Gasteiger partial charge in [0, 0.05) is 18.4 Å². The van der Waals surface area contributed by atoms with Gasteiger partial charge in [0.05, 0.1) is 17.9 Å². The Balaban J connectivity index is 2.01. The molecule has 2 aromatic rings. The fourth-order valence-corrected chi connectivity index (χ4v) is 2.66. The second kappa shape index (κ2) is 7.61. The van der Waals surface area contributed by atoms with Crippen molar-refractivity contribution in [2.45, 2.75) is 26.7 Å². The van der Waals surface area contributed by atoms with Crippen LogP contribution in [-0.4, -0.2) is 37.9 Å². The molecular weight excluding hydrogens is 328 g/mol. The van der Waals surface area contributed by atoms with Gasteiger partial charge in [-0.3, -0.25) is 4.79 Å². The van der Waals surface area contributed by atoms with Crippen molar-refractivity contribution in [3.63, 3.8) is 0 Å². The third-order valence-electron chi connectivity index (χ3n) is 3.62. The van der Waals surface area contributed by atoms with Crippen molar-refractivity contribution in [3.05, 3.63) is 41.3 Å². The Labute approximate surface area is 142 Å². The first kappa shape index (κ1) is 18.2. The molecule has 6 nitrogen and oxygen atoms in total. The number of benzene rings is 1. The average Bonchev–Trinajstić information content (AvgIpc) is 2.87. The summed E-state index contributed by atoms with van der Waals surface area (Å²) in [6.45, 7) is 3.95.